The van der Waals surface area contributed by atoms with Crippen molar-refractivity contribution < 1.29 is 17.6 Å². The minimum absolute atomic E-state index is 0. The van der Waals surface area contributed by atoms with Crippen LogP contribution in [0.15, 0.2) is 53.4 Å². The van der Waals surface area contributed by atoms with Crippen LogP contribution in [0.2, 0.25) is 0 Å². The number of anilines is 1. The molecule has 0 radical (unpaired) electrons. The Kier molecular flexibility index (Phi) is 9.57. The standard InChI is InChI=1S/C22H26FN3O3S2.ClH/c1-3-25(4-2)13-14-26(22-24-19-11-10-17(23)16-20(19)30-22)21(27)12-15-31(28,29)18-8-6-5-7-9-18;/h5-11,16H,3-4,12-15H2,1-2H3;1H. The van der Waals surface area contributed by atoms with Crippen LogP contribution < -0.4 is 4.90 Å². The van der Waals surface area contributed by atoms with E-state index < -0.39 is 9.84 Å². The third-order valence-electron chi connectivity index (χ3n) is 5.09. The Balaban J connectivity index is 0.00000363. The van der Waals surface area contributed by atoms with Gasteiger partial charge in [-0.05, 0) is 43.4 Å². The first-order valence-corrected chi connectivity index (χ1v) is 12.7. The van der Waals surface area contributed by atoms with Crippen LogP contribution in [-0.2, 0) is 14.6 Å². The van der Waals surface area contributed by atoms with Gasteiger partial charge in [-0.1, -0.05) is 43.4 Å². The molecule has 0 bridgehead atoms. The van der Waals surface area contributed by atoms with Gasteiger partial charge in [0, 0.05) is 19.5 Å². The number of fused-ring (bicyclic) bond motifs is 1. The van der Waals surface area contributed by atoms with Crippen molar-refractivity contribution in [3.05, 3.63) is 54.3 Å². The van der Waals surface area contributed by atoms with Crippen molar-refractivity contribution in [2.24, 2.45) is 0 Å². The molecule has 1 amide bonds. The summed E-state index contributed by atoms with van der Waals surface area (Å²) in [6.07, 6.45) is -0.153. The van der Waals surface area contributed by atoms with Gasteiger partial charge < -0.3 is 4.90 Å². The second-order valence-corrected chi connectivity index (χ2v) is 10.2. The molecule has 0 aliphatic rings. The van der Waals surface area contributed by atoms with E-state index >= 15 is 0 Å². The van der Waals surface area contributed by atoms with Crippen LogP contribution >= 0.6 is 23.7 Å². The maximum absolute atomic E-state index is 13.6. The summed E-state index contributed by atoms with van der Waals surface area (Å²) in [5.41, 5.74) is 0.610. The van der Waals surface area contributed by atoms with Gasteiger partial charge in [-0.25, -0.2) is 17.8 Å². The van der Waals surface area contributed by atoms with Crippen LogP contribution in [0.3, 0.4) is 0 Å². The fourth-order valence-electron chi connectivity index (χ4n) is 3.21. The maximum Gasteiger partial charge on any atom is 0.229 e. The molecule has 6 nitrogen and oxygen atoms in total. The summed E-state index contributed by atoms with van der Waals surface area (Å²) < 4.78 is 39.4. The smallest absolute Gasteiger partial charge is 0.229 e. The highest BCUT2D eigenvalue weighted by Gasteiger charge is 2.23. The predicted molar refractivity (Wildman–Crippen MR) is 130 cm³/mol. The number of carbonyl (C=O) groups is 1. The van der Waals surface area contributed by atoms with Crippen molar-refractivity contribution in [2.45, 2.75) is 25.2 Å². The molecule has 0 spiro atoms. The number of hydrogen-bond donors (Lipinski definition) is 0. The van der Waals surface area contributed by atoms with E-state index in [9.17, 15) is 17.6 Å². The molecule has 0 saturated heterocycles. The molecule has 0 atom stereocenters. The number of thiazole rings is 1. The molecule has 3 rings (SSSR count). The van der Waals surface area contributed by atoms with Crippen molar-refractivity contribution in [3.8, 4) is 0 Å². The molecule has 1 heterocycles. The van der Waals surface area contributed by atoms with Gasteiger partial charge in [0.05, 0.1) is 20.9 Å². The Labute approximate surface area is 198 Å². The van der Waals surface area contributed by atoms with Gasteiger partial charge in [0.25, 0.3) is 0 Å². The average Bonchev–Trinajstić information content (AvgIpc) is 3.18. The monoisotopic (exact) mass is 499 g/mol. The van der Waals surface area contributed by atoms with Crippen molar-refractivity contribution in [2.75, 3.05) is 36.8 Å². The van der Waals surface area contributed by atoms with Crippen LogP contribution in [0.5, 0.6) is 0 Å². The quantitative estimate of drug-likeness (QED) is 0.413. The van der Waals surface area contributed by atoms with E-state index in [1.165, 1.54) is 40.5 Å². The lowest BCUT2D eigenvalue weighted by molar-refractivity contribution is -0.118. The Hall–Kier alpha value is -2.07. The highest BCUT2D eigenvalue weighted by molar-refractivity contribution is 7.91. The maximum atomic E-state index is 13.6. The topological polar surface area (TPSA) is 70.6 Å². The van der Waals surface area contributed by atoms with Gasteiger partial charge in [0.2, 0.25) is 5.91 Å². The number of carbonyl (C=O) groups excluding carboxylic acids is 1. The Morgan fingerprint density at radius 2 is 1.75 bits per heavy atom. The summed E-state index contributed by atoms with van der Waals surface area (Å²) in [7, 11) is -3.57. The number of rotatable bonds is 10. The first kappa shape index (κ1) is 26.2. The largest absolute Gasteiger partial charge is 0.302 e. The number of nitrogens with zero attached hydrogens (tertiary/aromatic N) is 3. The number of halogens is 2. The number of aromatic nitrogens is 1. The van der Waals surface area contributed by atoms with Crippen molar-refractivity contribution in [1.82, 2.24) is 9.88 Å². The average molecular weight is 500 g/mol. The van der Waals surface area contributed by atoms with Gasteiger partial charge in [-0.15, -0.1) is 12.4 Å². The van der Waals surface area contributed by atoms with Crippen LogP contribution in [0, 0.1) is 5.82 Å². The van der Waals surface area contributed by atoms with Crippen LogP contribution in [-0.4, -0.2) is 56.1 Å². The lowest BCUT2D eigenvalue weighted by atomic mass is 10.3. The number of hydrogen-bond acceptors (Lipinski definition) is 6. The third-order valence-corrected chi connectivity index (χ3v) is 7.87. The second-order valence-electron chi connectivity index (χ2n) is 7.06. The summed E-state index contributed by atoms with van der Waals surface area (Å²) in [6, 6.07) is 12.4. The molecule has 32 heavy (non-hydrogen) atoms. The molecular weight excluding hydrogens is 473 g/mol. The summed E-state index contributed by atoms with van der Waals surface area (Å²) in [5.74, 6) is -0.958. The predicted octanol–water partition coefficient (Wildman–Crippen LogP) is 4.40. The van der Waals surface area contributed by atoms with Gasteiger partial charge in [-0.3, -0.25) is 9.69 Å². The van der Waals surface area contributed by atoms with Crippen molar-refractivity contribution >= 4 is 54.8 Å². The molecule has 3 aromatic rings. The molecule has 0 aliphatic carbocycles. The van der Waals surface area contributed by atoms with Gasteiger partial charge >= 0.3 is 0 Å². The molecule has 0 unspecified atom stereocenters. The zero-order chi connectivity index (χ0) is 22.4. The highest BCUT2D eigenvalue weighted by atomic mass is 35.5. The normalized spacial score (nSPS) is 11.5. The second kappa shape index (κ2) is 11.7. The molecular formula is C22H27ClFN3O3S2. The van der Waals surface area contributed by atoms with Gasteiger partial charge in [0.15, 0.2) is 15.0 Å². The fourth-order valence-corrected chi connectivity index (χ4v) is 5.50. The zero-order valence-electron chi connectivity index (χ0n) is 18.0. The lowest BCUT2D eigenvalue weighted by Gasteiger charge is -2.24. The number of likely N-dealkylation sites (N-methyl/N-ethyl adjacent to an activating group) is 1. The summed E-state index contributed by atoms with van der Waals surface area (Å²) >= 11 is 1.23. The molecule has 0 aliphatic heterocycles. The van der Waals surface area contributed by atoms with E-state index in [1.54, 1.807) is 24.3 Å². The van der Waals surface area contributed by atoms with E-state index in [1.807, 2.05) is 13.8 Å². The number of benzene rings is 2. The SMILES string of the molecule is CCN(CC)CCN(C(=O)CCS(=O)(=O)c1ccccc1)c1nc2ccc(F)cc2s1.Cl. The van der Waals surface area contributed by atoms with Gasteiger partial charge in [0.1, 0.15) is 5.82 Å². The van der Waals surface area contributed by atoms with E-state index in [0.717, 1.165) is 13.1 Å². The molecule has 0 saturated carbocycles. The Bertz CT molecular complexity index is 1140. The Morgan fingerprint density at radius 3 is 2.41 bits per heavy atom. The van der Waals surface area contributed by atoms with E-state index in [4.69, 9.17) is 0 Å². The molecule has 174 valence electrons. The van der Waals surface area contributed by atoms with Crippen molar-refractivity contribution in [3.63, 3.8) is 0 Å². The van der Waals surface area contributed by atoms with Crippen LogP contribution in [0.25, 0.3) is 10.2 Å². The van der Waals surface area contributed by atoms with Gasteiger partial charge in [-0.2, -0.15) is 0 Å². The molecule has 10 heteroatoms. The van der Waals surface area contributed by atoms with E-state index in [2.05, 4.69) is 9.88 Å². The first-order valence-electron chi connectivity index (χ1n) is 10.2. The summed E-state index contributed by atoms with van der Waals surface area (Å²) in [5, 5.41) is 0.454. The summed E-state index contributed by atoms with van der Waals surface area (Å²) in [4.78, 5) is 21.5. The molecule has 0 N–H and O–H groups in total. The Morgan fingerprint density at radius 1 is 1.06 bits per heavy atom. The van der Waals surface area contributed by atoms with E-state index in [0.29, 0.717) is 28.4 Å². The number of sulfone groups is 1. The fraction of sp³-hybridized carbons (Fsp3) is 0.364. The van der Waals surface area contributed by atoms with Crippen molar-refractivity contribution in [1.29, 1.82) is 0 Å². The first-order chi connectivity index (χ1) is 14.8. The molecule has 2 aromatic carbocycles. The molecule has 0 fully saturated rings. The highest BCUT2D eigenvalue weighted by Crippen LogP contribution is 2.30. The zero-order valence-corrected chi connectivity index (χ0v) is 20.5. The molecule has 1 aromatic heterocycles. The van der Waals surface area contributed by atoms with E-state index in [-0.39, 0.29) is 41.2 Å². The summed E-state index contributed by atoms with van der Waals surface area (Å²) in [6.45, 7) is 6.78. The minimum Gasteiger partial charge on any atom is -0.302 e. The lowest BCUT2D eigenvalue weighted by Crippen LogP contribution is -2.39. The van der Waals surface area contributed by atoms with Crippen LogP contribution in [0.4, 0.5) is 9.52 Å². The minimum atomic E-state index is -3.57. The third kappa shape index (κ3) is 6.48. The van der Waals surface area contributed by atoms with Crippen LogP contribution in [0.1, 0.15) is 20.3 Å². The number of amides is 1.